The summed E-state index contributed by atoms with van der Waals surface area (Å²) in [6.45, 7) is 4.87. The number of aromatic nitrogens is 4. The first kappa shape index (κ1) is 14.1. The first-order valence-electron chi connectivity index (χ1n) is 6.85. The smallest absolute Gasteiger partial charge is 0.322 e. The number of nitrogens with zero attached hydrogens (tertiary/aromatic N) is 4. The summed E-state index contributed by atoms with van der Waals surface area (Å²) in [4.78, 5) is 12.7. The van der Waals surface area contributed by atoms with Gasteiger partial charge < -0.3 is 9.73 Å². The monoisotopic (exact) mass is 308 g/mol. The highest BCUT2D eigenvalue weighted by Crippen LogP contribution is 2.24. The van der Waals surface area contributed by atoms with E-state index < -0.39 is 0 Å². The van der Waals surface area contributed by atoms with Crippen LogP contribution in [0.25, 0.3) is 0 Å². The fraction of sp³-hybridized carbons (Fsp3) is 0.583. The Morgan fingerprint density at radius 1 is 1.43 bits per heavy atom. The molecule has 0 aromatic carbocycles. The molecular formula is C12H16N6O2S. The zero-order valence-electron chi connectivity index (χ0n) is 11.8. The van der Waals surface area contributed by atoms with E-state index in [0.29, 0.717) is 16.5 Å². The van der Waals surface area contributed by atoms with Crippen LogP contribution in [0.2, 0.25) is 0 Å². The van der Waals surface area contributed by atoms with Crippen molar-refractivity contribution in [2.24, 2.45) is 0 Å². The highest BCUT2D eigenvalue weighted by molar-refractivity contribution is 7.08. The van der Waals surface area contributed by atoms with Gasteiger partial charge in [-0.05, 0) is 36.8 Å². The van der Waals surface area contributed by atoms with Gasteiger partial charge in [-0.15, -0.1) is 10.2 Å². The molecule has 2 aromatic heterocycles. The predicted molar refractivity (Wildman–Crippen MR) is 76.2 cm³/mol. The van der Waals surface area contributed by atoms with E-state index in [9.17, 15) is 4.79 Å². The summed E-state index contributed by atoms with van der Waals surface area (Å²) in [6.07, 6.45) is 2.05. The van der Waals surface area contributed by atoms with Crippen LogP contribution in [0.3, 0.4) is 0 Å². The van der Waals surface area contributed by atoms with Crippen LogP contribution in [0.5, 0.6) is 0 Å². The van der Waals surface area contributed by atoms with Gasteiger partial charge in [-0.1, -0.05) is 23.4 Å². The second-order valence-corrected chi connectivity index (χ2v) is 5.94. The van der Waals surface area contributed by atoms with Gasteiger partial charge in [-0.2, -0.15) is 0 Å². The Hall–Kier alpha value is -1.87. The van der Waals surface area contributed by atoms with Crippen molar-refractivity contribution in [3.63, 3.8) is 0 Å². The van der Waals surface area contributed by atoms with Crippen molar-refractivity contribution in [3.05, 3.63) is 16.5 Å². The standard InChI is InChI=1S/C12H16N6O2S/c1-6(2)8-9(21-18-15-8)10(19)14-12-17-16-11(20-12)7-4-3-5-13-7/h6-7,13H,3-5H2,1-2H3,(H,14,17,19). The number of nitrogens with one attached hydrogen (secondary N) is 2. The van der Waals surface area contributed by atoms with Gasteiger partial charge in [0, 0.05) is 0 Å². The summed E-state index contributed by atoms with van der Waals surface area (Å²) in [5, 5.41) is 17.7. The quantitative estimate of drug-likeness (QED) is 0.885. The van der Waals surface area contributed by atoms with Crippen LogP contribution in [0.15, 0.2) is 4.42 Å². The van der Waals surface area contributed by atoms with E-state index in [1.54, 1.807) is 0 Å². The third kappa shape index (κ3) is 2.93. The van der Waals surface area contributed by atoms with Crippen LogP contribution < -0.4 is 10.6 Å². The summed E-state index contributed by atoms with van der Waals surface area (Å²) in [7, 11) is 0. The van der Waals surface area contributed by atoms with Crippen molar-refractivity contribution in [3.8, 4) is 0 Å². The molecule has 1 amide bonds. The van der Waals surface area contributed by atoms with Crippen LogP contribution in [-0.4, -0.2) is 32.2 Å². The van der Waals surface area contributed by atoms with E-state index in [0.717, 1.165) is 30.9 Å². The Bertz CT molecular complexity index is 631. The van der Waals surface area contributed by atoms with Gasteiger partial charge in [0.15, 0.2) is 0 Å². The molecule has 1 unspecified atom stereocenters. The molecule has 9 heteroatoms. The molecule has 8 nitrogen and oxygen atoms in total. The summed E-state index contributed by atoms with van der Waals surface area (Å²) < 4.78 is 9.31. The molecule has 1 aliphatic heterocycles. The van der Waals surface area contributed by atoms with Crippen molar-refractivity contribution in [1.29, 1.82) is 0 Å². The van der Waals surface area contributed by atoms with Crippen molar-refractivity contribution in [2.75, 3.05) is 11.9 Å². The molecule has 0 aliphatic carbocycles. The van der Waals surface area contributed by atoms with Crippen LogP contribution >= 0.6 is 11.5 Å². The van der Waals surface area contributed by atoms with Gasteiger partial charge in [-0.25, -0.2) is 0 Å². The molecule has 3 heterocycles. The fourth-order valence-electron chi connectivity index (χ4n) is 2.21. The van der Waals surface area contributed by atoms with Crippen molar-refractivity contribution < 1.29 is 9.21 Å². The van der Waals surface area contributed by atoms with Crippen LogP contribution in [0.4, 0.5) is 6.01 Å². The molecule has 0 spiro atoms. The minimum Gasteiger partial charge on any atom is -0.406 e. The zero-order chi connectivity index (χ0) is 14.8. The van der Waals surface area contributed by atoms with Crippen molar-refractivity contribution in [2.45, 2.75) is 38.6 Å². The number of hydrogen-bond donors (Lipinski definition) is 2. The average Bonchev–Trinajstić information content (AvgIpc) is 3.19. The van der Waals surface area contributed by atoms with E-state index in [1.165, 1.54) is 0 Å². The lowest BCUT2D eigenvalue weighted by atomic mass is 10.1. The Labute approximate surface area is 125 Å². The Balaban J connectivity index is 1.71. The lowest BCUT2D eigenvalue weighted by Crippen LogP contribution is -2.13. The van der Waals surface area contributed by atoms with Crippen molar-refractivity contribution in [1.82, 2.24) is 25.1 Å². The zero-order valence-corrected chi connectivity index (χ0v) is 12.6. The number of amides is 1. The minimum atomic E-state index is -0.316. The second-order valence-electron chi connectivity index (χ2n) is 5.19. The van der Waals surface area contributed by atoms with E-state index >= 15 is 0 Å². The first-order valence-corrected chi connectivity index (χ1v) is 7.63. The number of carbonyl (C=O) groups excluding carboxylic acids is 1. The number of rotatable bonds is 4. The Morgan fingerprint density at radius 3 is 3.00 bits per heavy atom. The van der Waals surface area contributed by atoms with E-state index in [4.69, 9.17) is 4.42 Å². The first-order chi connectivity index (χ1) is 10.1. The molecule has 21 heavy (non-hydrogen) atoms. The summed E-state index contributed by atoms with van der Waals surface area (Å²) >= 11 is 1.06. The van der Waals surface area contributed by atoms with E-state index in [-0.39, 0.29) is 23.9 Å². The van der Waals surface area contributed by atoms with Gasteiger partial charge in [0.1, 0.15) is 4.88 Å². The summed E-state index contributed by atoms with van der Waals surface area (Å²) in [5.74, 6) is 0.322. The number of carbonyl (C=O) groups is 1. The molecule has 1 aliphatic rings. The molecule has 112 valence electrons. The maximum Gasteiger partial charge on any atom is 0.322 e. The van der Waals surface area contributed by atoms with E-state index in [1.807, 2.05) is 13.8 Å². The number of anilines is 1. The molecule has 1 atom stereocenters. The maximum absolute atomic E-state index is 12.2. The van der Waals surface area contributed by atoms with Gasteiger partial charge in [-0.3, -0.25) is 10.1 Å². The molecule has 0 saturated carbocycles. The van der Waals surface area contributed by atoms with Crippen LogP contribution in [0.1, 0.15) is 59.9 Å². The Morgan fingerprint density at radius 2 is 2.29 bits per heavy atom. The topological polar surface area (TPSA) is 106 Å². The van der Waals surface area contributed by atoms with Crippen LogP contribution in [0, 0.1) is 0 Å². The minimum absolute atomic E-state index is 0.0828. The maximum atomic E-state index is 12.2. The summed E-state index contributed by atoms with van der Waals surface area (Å²) in [6, 6.07) is 0.186. The van der Waals surface area contributed by atoms with Gasteiger partial charge >= 0.3 is 6.01 Å². The lowest BCUT2D eigenvalue weighted by molar-refractivity contribution is 0.102. The molecule has 1 saturated heterocycles. The predicted octanol–water partition coefficient (Wildman–Crippen LogP) is 1.72. The molecule has 0 bridgehead atoms. The lowest BCUT2D eigenvalue weighted by Gasteiger charge is -2.03. The number of hydrogen-bond acceptors (Lipinski definition) is 8. The third-order valence-corrected chi connectivity index (χ3v) is 4.03. The normalized spacial score (nSPS) is 18.3. The van der Waals surface area contributed by atoms with Gasteiger partial charge in [0.25, 0.3) is 5.91 Å². The SMILES string of the molecule is CC(C)c1nnsc1C(=O)Nc1nnc(C2CCCN2)o1. The highest BCUT2D eigenvalue weighted by atomic mass is 32.1. The largest absolute Gasteiger partial charge is 0.406 e. The molecule has 1 fully saturated rings. The average molecular weight is 308 g/mol. The molecule has 3 rings (SSSR count). The molecule has 0 radical (unpaired) electrons. The van der Waals surface area contributed by atoms with Gasteiger partial charge in [0.2, 0.25) is 5.89 Å². The second kappa shape index (κ2) is 5.86. The molecular weight excluding hydrogens is 292 g/mol. The Kier molecular flexibility index (Phi) is 3.93. The molecule has 2 N–H and O–H groups in total. The summed E-state index contributed by atoms with van der Waals surface area (Å²) in [5.41, 5.74) is 0.676. The molecule has 2 aromatic rings. The van der Waals surface area contributed by atoms with Gasteiger partial charge in [0.05, 0.1) is 11.7 Å². The fourth-order valence-corrected chi connectivity index (χ4v) is 2.92. The van der Waals surface area contributed by atoms with Crippen LogP contribution in [-0.2, 0) is 0 Å². The van der Waals surface area contributed by atoms with Crippen molar-refractivity contribution >= 4 is 23.5 Å². The van der Waals surface area contributed by atoms with E-state index in [2.05, 4.69) is 30.4 Å². The highest BCUT2D eigenvalue weighted by Gasteiger charge is 2.24. The third-order valence-electron chi connectivity index (χ3n) is 3.29.